The van der Waals surface area contributed by atoms with Gasteiger partial charge in [-0.1, -0.05) is 11.6 Å². The van der Waals surface area contributed by atoms with Crippen LogP contribution in [0.4, 0.5) is 5.69 Å². The quantitative estimate of drug-likeness (QED) is 0.698. The van der Waals surface area contributed by atoms with Crippen molar-refractivity contribution in [1.82, 2.24) is 4.98 Å². The Labute approximate surface area is 163 Å². The van der Waals surface area contributed by atoms with E-state index in [0.717, 1.165) is 28.3 Å². The minimum atomic E-state index is -0.674. The molecule has 0 saturated heterocycles. The van der Waals surface area contributed by atoms with Gasteiger partial charge in [0.05, 0.1) is 17.9 Å². The Morgan fingerprint density at radius 3 is 2.89 bits per heavy atom. The van der Waals surface area contributed by atoms with E-state index in [2.05, 4.69) is 10.3 Å². The number of hydrogen-bond donors (Lipinski definition) is 2. The zero-order valence-corrected chi connectivity index (χ0v) is 15.6. The van der Waals surface area contributed by atoms with Crippen molar-refractivity contribution in [3.8, 4) is 16.3 Å². The fourth-order valence-electron chi connectivity index (χ4n) is 2.85. The Bertz CT molecular complexity index is 1060. The second-order valence-electron chi connectivity index (χ2n) is 5.97. The van der Waals surface area contributed by atoms with Crippen LogP contribution < -0.4 is 15.8 Å². The maximum atomic E-state index is 12.5. The number of thiazole rings is 1. The molecule has 3 N–H and O–H groups in total. The van der Waals surface area contributed by atoms with E-state index < -0.39 is 11.8 Å². The normalized spacial score (nSPS) is 12.3. The molecule has 1 aliphatic heterocycles. The van der Waals surface area contributed by atoms with Gasteiger partial charge in [0.25, 0.3) is 11.8 Å². The first-order valence-electron chi connectivity index (χ1n) is 8.13. The molecule has 0 aliphatic carbocycles. The maximum Gasteiger partial charge on any atom is 0.275 e. The van der Waals surface area contributed by atoms with Crippen LogP contribution in [-0.4, -0.2) is 23.4 Å². The summed E-state index contributed by atoms with van der Waals surface area (Å²) in [4.78, 5) is 28.5. The van der Waals surface area contributed by atoms with E-state index in [4.69, 9.17) is 22.1 Å². The number of rotatable bonds is 4. The third-order valence-electron chi connectivity index (χ3n) is 4.17. The van der Waals surface area contributed by atoms with Gasteiger partial charge in [0.15, 0.2) is 0 Å². The molecule has 0 radical (unpaired) electrons. The standard InChI is InChI=1S/C19H14ClN3O3S/c20-12-2-3-14(13(8-12)17(21)24)22-18(25)15-9-27-19(23-15)11-1-4-16-10(7-11)5-6-26-16/h1-4,7-9H,5-6H2,(H2,21,24)(H,22,25). The van der Waals surface area contributed by atoms with Gasteiger partial charge in [0, 0.05) is 22.4 Å². The highest BCUT2D eigenvalue weighted by atomic mass is 35.5. The first-order valence-corrected chi connectivity index (χ1v) is 9.39. The molecule has 0 unspecified atom stereocenters. The molecule has 1 aromatic heterocycles. The molecule has 8 heteroatoms. The second kappa shape index (κ2) is 7.02. The highest BCUT2D eigenvalue weighted by Crippen LogP contribution is 2.32. The number of amides is 2. The topological polar surface area (TPSA) is 94.3 Å². The van der Waals surface area contributed by atoms with E-state index in [1.54, 1.807) is 11.4 Å². The number of primary amides is 1. The van der Waals surface area contributed by atoms with Crippen LogP contribution in [0, 0.1) is 0 Å². The molecule has 0 bridgehead atoms. The smallest absolute Gasteiger partial charge is 0.275 e. The van der Waals surface area contributed by atoms with Gasteiger partial charge in [0.2, 0.25) is 0 Å². The fourth-order valence-corrected chi connectivity index (χ4v) is 3.82. The first-order chi connectivity index (χ1) is 13.0. The second-order valence-corrected chi connectivity index (χ2v) is 7.26. The Hall–Kier alpha value is -2.90. The highest BCUT2D eigenvalue weighted by molar-refractivity contribution is 7.13. The number of ether oxygens (including phenoxy) is 1. The summed E-state index contributed by atoms with van der Waals surface area (Å²) in [7, 11) is 0. The summed E-state index contributed by atoms with van der Waals surface area (Å²) in [5, 5.41) is 5.44. The third-order valence-corrected chi connectivity index (χ3v) is 5.29. The molecule has 2 amide bonds. The van der Waals surface area contributed by atoms with Crippen molar-refractivity contribution in [1.29, 1.82) is 0 Å². The third kappa shape index (κ3) is 3.51. The summed E-state index contributed by atoms with van der Waals surface area (Å²) in [5.74, 6) is -0.200. The molecule has 1 aliphatic rings. The number of halogens is 1. The molecule has 0 atom stereocenters. The molecule has 2 heterocycles. The molecule has 3 aromatic rings. The van der Waals surface area contributed by atoms with Gasteiger partial charge in [-0.2, -0.15) is 0 Å². The number of nitrogens with one attached hydrogen (secondary N) is 1. The monoisotopic (exact) mass is 399 g/mol. The number of carbonyl (C=O) groups is 2. The molecule has 2 aromatic carbocycles. The minimum absolute atomic E-state index is 0.143. The number of anilines is 1. The molecule has 27 heavy (non-hydrogen) atoms. The summed E-state index contributed by atoms with van der Waals surface area (Å²) in [6.45, 7) is 0.688. The summed E-state index contributed by atoms with van der Waals surface area (Å²) < 4.78 is 5.51. The van der Waals surface area contributed by atoms with Crippen molar-refractivity contribution >= 4 is 40.4 Å². The van der Waals surface area contributed by atoms with E-state index in [-0.39, 0.29) is 11.3 Å². The van der Waals surface area contributed by atoms with Crippen LogP contribution >= 0.6 is 22.9 Å². The molecule has 0 fully saturated rings. The van der Waals surface area contributed by atoms with Gasteiger partial charge in [0.1, 0.15) is 16.5 Å². The molecule has 4 rings (SSSR count). The average Bonchev–Trinajstić information content (AvgIpc) is 3.31. The van der Waals surface area contributed by atoms with Crippen LogP contribution in [0.25, 0.3) is 10.6 Å². The first kappa shape index (κ1) is 17.5. The average molecular weight is 400 g/mol. The fraction of sp³-hybridized carbons (Fsp3) is 0.105. The van der Waals surface area contributed by atoms with Crippen LogP contribution in [0.3, 0.4) is 0 Å². The lowest BCUT2D eigenvalue weighted by Crippen LogP contribution is -2.18. The maximum absolute atomic E-state index is 12.5. The van der Waals surface area contributed by atoms with Gasteiger partial charge in [-0.05, 0) is 42.0 Å². The minimum Gasteiger partial charge on any atom is -0.493 e. The van der Waals surface area contributed by atoms with Gasteiger partial charge >= 0.3 is 0 Å². The number of benzene rings is 2. The lowest BCUT2D eigenvalue weighted by atomic mass is 10.1. The van der Waals surface area contributed by atoms with Crippen LogP contribution in [0.5, 0.6) is 5.75 Å². The SMILES string of the molecule is NC(=O)c1cc(Cl)ccc1NC(=O)c1csc(-c2ccc3c(c2)CCO3)n1. The largest absolute Gasteiger partial charge is 0.493 e. The highest BCUT2D eigenvalue weighted by Gasteiger charge is 2.18. The number of hydrogen-bond acceptors (Lipinski definition) is 5. The van der Waals surface area contributed by atoms with Crippen molar-refractivity contribution in [3.05, 3.63) is 63.6 Å². The van der Waals surface area contributed by atoms with E-state index >= 15 is 0 Å². The van der Waals surface area contributed by atoms with Gasteiger partial charge < -0.3 is 15.8 Å². The molecule has 0 saturated carbocycles. The number of aromatic nitrogens is 1. The molecule has 136 valence electrons. The predicted molar refractivity (Wildman–Crippen MR) is 105 cm³/mol. The summed E-state index contributed by atoms with van der Waals surface area (Å²) in [6, 6.07) is 10.4. The van der Waals surface area contributed by atoms with Crippen molar-refractivity contribution in [3.63, 3.8) is 0 Å². The zero-order valence-electron chi connectivity index (χ0n) is 14.0. The lowest BCUT2D eigenvalue weighted by molar-refractivity contribution is 0.100. The lowest BCUT2D eigenvalue weighted by Gasteiger charge is -2.08. The van der Waals surface area contributed by atoms with Crippen LogP contribution in [0.2, 0.25) is 5.02 Å². The van der Waals surface area contributed by atoms with Crippen LogP contribution in [0.1, 0.15) is 26.4 Å². The van der Waals surface area contributed by atoms with Gasteiger partial charge in [-0.25, -0.2) is 4.98 Å². The van der Waals surface area contributed by atoms with E-state index in [9.17, 15) is 9.59 Å². The van der Waals surface area contributed by atoms with Gasteiger partial charge in [-0.3, -0.25) is 9.59 Å². The molecule has 0 spiro atoms. The number of carbonyl (C=O) groups excluding carboxylic acids is 2. The Balaban J connectivity index is 1.57. The summed E-state index contributed by atoms with van der Waals surface area (Å²) in [5.41, 5.74) is 8.12. The molecule has 6 nitrogen and oxygen atoms in total. The number of fused-ring (bicyclic) bond motifs is 1. The number of nitrogens with zero attached hydrogens (tertiary/aromatic N) is 1. The summed E-state index contributed by atoms with van der Waals surface area (Å²) >= 11 is 7.26. The predicted octanol–water partition coefficient (Wildman–Crippen LogP) is 3.75. The Kier molecular flexibility index (Phi) is 4.55. The van der Waals surface area contributed by atoms with E-state index in [1.165, 1.54) is 23.5 Å². The summed E-state index contributed by atoms with van der Waals surface area (Å²) in [6.07, 6.45) is 0.869. The molecular weight excluding hydrogens is 386 g/mol. The van der Waals surface area contributed by atoms with Crippen molar-refractivity contribution in [2.75, 3.05) is 11.9 Å². The van der Waals surface area contributed by atoms with Crippen molar-refractivity contribution in [2.45, 2.75) is 6.42 Å². The molecular formula is C19H14ClN3O3S. The van der Waals surface area contributed by atoms with Crippen LogP contribution in [-0.2, 0) is 6.42 Å². The van der Waals surface area contributed by atoms with Crippen molar-refractivity contribution < 1.29 is 14.3 Å². The van der Waals surface area contributed by atoms with E-state index in [1.807, 2.05) is 18.2 Å². The van der Waals surface area contributed by atoms with Gasteiger partial charge in [-0.15, -0.1) is 11.3 Å². The Morgan fingerprint density at radius 2 is 2.07 bits per heavy atom. The van der Waals surface area contributed by atoms with E-state index in [0.29, 0.717) is 17.3 Å². The zero-order chi connectivity index (χ0) is 19.0. The van der Waals surface area contributed by atoms with Crippen LogP contribution in [0.15, 0.2) is 41.8 Å². The van der Waals surface area contributed by atoms with Crippen molar-refractivity contribution in [2.24, 2.45) is 5.73 Å². The number of nitrogens with two attached hydrogens (primary N) is 1. The Morgan fingerprint density at radius 1 is 1.22 bits per heavy atom.